The quantitative estimate of drug-likeness (QED) is 0.774. The molecular weight excluding hydrogens is 356 g/mol. The molecule has 2 N–H and O–H groups in total. The van der Waals surface area contributed by atoms with Crippen LogP contribution in [0, 0.1) is 11.8 Å². The third kappa shape index (κ3) is 3.40. The van der Waals surface area contributed by atoms with Gasteiger partial charge in [-0.15, -0.1) is 0 Å². The minimum atomic E-state index is -3.58. The van der Waals surface area contributed by atoms with E-state index in [9.17, 15) is 13.2 Å². The first kappa shape index (κ1) is 18.0. The number of rotatable bonds is 3. The van der Waals surface area contributed by atoms with E-state index >= 15 is 0 Å². The van der Waals surface area contributed by atoms with E-state index in [0.717, 1.165) is 39.0 Å². The van der Waals surface area contributed by atoms with E-state index in [1.54, 1.807) is 0 Å². The molecule has 144 valence electrons. The summed E-state index contributed by atoms with van der Waals surface area (Å²) in [5, 5.41) is 3.43. The summed E-state index contributed by atoms with van der Waals surface area (Å²) >= 11 is 0. The van der Waals surface area contributed by atoms with Crippen LogP contribution < -0.4 is 5.32 Å². The van der Waals surface area contributed by atoms with Crippen LogP contribution in [-0.2, 0) is 14.8 Å². The average molecular weight is 382 g/mol. The summed E-state index contributed by atoms with van der Waals surface area (Å²) in [5.41, 5.74) is 0.349. The van der Waals surface area contributed by atoms with E-state index in [2.05, 4.69) is 10.3 Å². The van der Waals surface area contributed by atoms with Gasteiger partial charge in [-0.05, 0) is 43.8 Å². The monoisotopic (exact) mass is 382 g/mol. The van der Waals surface area contributed by atoms with Crippen LogP contribution in [0.15, 0.2) is 17.2 Å². The van der Waals surface area contributed by atoms with E-state index in [0.29, 0.717) is 43.8 Å². The van der Waals surface area contributed by atoms with Gasteiger partial charge in [0.2, 0.25) is 10.0 Å². The standard InChI is InChI=1S/C17H26N4O4S/c22-17(20-3-1-13-10-18-11-14(13)2-4-20)16-9-15(12-19-16)26(23,24)21-5-7-25-8-6-21/h9,12-14,18-19H,1-8,10-11H2/t13-,14+. The van der Waals surface area contributed by atoms with Crippen molar-refractivity contribution < 1.29 is 17.9 Å². The molecule has 4 heterocycles. The highest BCUT2D eigenvalue weighted by atomic mass is 32.2. The topological polar surface area (TPSA) is 94.7 Å². The summed E-state index contributed by atoms with van der Waals surface area (Å²) in [6, 6.07) is 1.47. The lowest BCUT2D eigenvalue weighted by Crippen LogP contribution is -2.40. The zero-order valence-electron chi connectivity index (χ0n) is 14.8. The molecule has 8 nitrogen and oxygen atoms in total. The molecule has 3 aliphatic rings. The molecule has 9 heteroatoms. The van der Waals surface area contributed by atoms with Gasteiger partial charge in [-0.2, -0.15) is 4.31 Å². The number of nitrogens with zero attached hydrogens (tertiary/aromatic N) is 2. The van der Waals surface area contributed by atoms with E-state index in [1.165, 1.54) is 16.6 Å². The normalized spacial score (nSPS) is 27.9. The first-order valence-corrected chi connectivity index (χ1v) is 10.8. The molecule has 0 aromatic carbocycles. The van der Waals surface area contributed by atoms with Crippen LogP contribution in [-0.4, -0.2) is 81.0 Å². The summed E-state index contributed by atoms with van der Waals surface area (Å²) in [5.74, 6) is 1.18. The zero-order chi connectivity index (χ0) is 18.1. The second-order valence-electron chi connectivity index (χ2n) is 7.31. The van der Waals surface area contributed by atoms with Gasteiger partial charge in [0.15, 0.2) is 0 Å². The molecule has 1 amide bonds. The van der Waals surface area contributed by atoms with Crippen LogP contribution in [0.2, 0.25) is 0 Å². The number of aromatic nitrogens is 1. The predicted molar refractivity (Wildman–Crippen MR) is 95.4 cm³/mol. The lowest BCUT2D eigenvalue weighted by molar-refractivity contribution is 0.0730. The van der Waals surface area contributed by atoms with Gasteiger partial charge in [-0.1, -0.05) is 0 Å². The Morgan fingerprint density at radius 2 is 1.73 bits per heavy atom. The van der Waals surface area contributed by atoms with Crippen LogP contribution in [0.3, 0.4) is 0 Å². The summed E-state index contributed by atoms with van der Waals surface area (Å²) in [6.07, 6.45) is 3.43. The van der Waals surface area contributed by atoms with Crippen LogP contribution in [0.5, 0.6) is 0 Å². The lowest BCUT2D eigenvalue weighted by atomic mass is 9.92. The van der Waals surface area contributed by atoms with Gasteiger partial charge in [-0.3, -0.25) is 4.79 Å². The number of ether oxygens (including phenoxy) is 1. The number of H-pyrrole nitrogens is 1. The number of nitrogens with one attached hydrogen (secondary N) is 2. The Morgan fingerprint density at radius 3 is 2.38 bits per heavy atom. The van der Waals surface area contributed by atoms with Crippen molar-refractivity contribution in [1.29, 1.82) is 0 Å². The van der Waals surface area contributed by atoms with Crippen molar-refractivity contribution in [3.05, 3.63) is 18.0 Å². The Bertz CT molecular complexity index is 743. The minimum absolute atomic E-state index is 0.110. The summed E-state index contributed by atoms with van der Waals surface area (Å²) in [7, 11) is -3.58. The SMILES string of the molecule is O=C(c1cc(S(=O)(=O)N2CCOCC2)c[nH]1)N1CC[C@@H]2CNC[C@@H]2CC1. The van der Waals surface area contributed by atoms with Crippen molar-refractivity contribution in [3.8, 4) is 0 Å². The number of likely N-dealkylation sites (tertiary alicyclic amines) is 1. The van der Waals surface area contributed by atoms with Gasteiger partial charge in [-0.25, -0.2) is 8.42 Å². The second-order valence-corrected chi connectivity index (χ2v) is 9.25. The molecule has 3 saturated heterocycles. The Labute approximate surface area is 153 Å². The van der Waals surface area contributed by atoms with Gasteiger partial charge in [0.05, 0.1) is 13.2 Å². The van der Waals surface area contributed by atoms with Crippen molar-refractivity contribution in [3.63, 3.8) is 0 Å². The van der Waals surface area contributed by atoms with Crippen molar-refractivity contribution in [2.45, 2.75) is 17.7 Å². The Hall–Kier alpha value is -1.42. The van der Waals surface area contributed by atoms with Crippen LogP contribution in [0.4, 0.5) is 0 Å². The maximum Gasteiger partial charge on any atom is 0.270 e. The number of carbonyl (C=O) groups excluding carboxylic acids is 1. The predicted octanol–water partition coefficient (Wildman–Crippen LogP) is 0.107. The van der Waals surface area contributed by atoms with Gasteiger partial charge < -0.3 is 19.9 Å². The van der Waals surface area contributed by atoms with Crippen molar-refractivity contribution in [2.24, 2.45) is 11.8 Å². The molecular formula is C17H26N4O4S. The molecule has 3 fully saturated rings. The first-order valence-electron chi connectivity index (χ1n) is 9.32. The molecule has 1 aromatic heterocycles. The molecule has 0 aliphatic carbocycles. The average Bonchev–Trinajstić information content (AvgIpc) is 3.28. The Morgan fingerprint density at radius 1 is 1.08 bits per heavy atom. The fourth-order valence-electron chi connectivity index (χ4n) is 4.17. The number of amides is 1. The molecule has 0 radical (unpaired) electrons. The van der Waals surface area contributed by atoms with Crippen LogP contribution >= 0.6 is 0 Å². The lowest BCUT2D eigenvalue weighted by Gasteiger charge is -2.25. The fourth-order valence-corrected chi connectivity index (χ4v) is 5.58. The Kier molecular flexibility index (Phi) is 5.05. The van der Waals surface area contributed by atoms with Crippen molar-refractivity contribution in [1.82, 2.24) is 19.5 Å². The number of aromatic amines is 1. The van der Waals surface area contributed by atoms with Gasteiger partial charge in [0.1, 0.15) is 10.6 Å². The molecule has 26 heavy (non-hydrogen) atoms. The molecule has 0 spiro atoms. The number of hydrogen-bond acceptors (Lipinski definition) is 5. The number of carbonyl (C=O) groups is 1. The van der Waals surface area contributed by atoms with E-state index in [1.807, 2.05) is 4.90 Å². The molecule has 4 rings (SSSR count). The van der Waals surface area contributed by atoms with Crippen molar-refractivity contribution >= 4 is 15.9 Å². The third-order valence-electron chi connectivity index (χ3n) is 5.80. The smallest absolute Gasteiger partial charge is 0.270 e. The van der Waals surface area contributed by atoms with E-state index in [-0.39, 0.29) is 10.8 Å². The molecule has 0 saturated carbocycles. The maximum atomic E-state index is 12.8. The van der Waals surface area contributed by atoms with E-state index < -0.39 is 10.0 Å². The second kappa shape index (κ2) is 7.30. The largest absolute Gasteiger partial charge is 0.379 e. The Balaban J connectivity index is 1.46. The number of morpholine rings is 1. The van der Waals surface area contributed by atoms with E-state index in [4.69, 9.17) is 4.74 Å². The zero-order valence-corrected chi connectivity index (χ0v) is 15.6. The fraction of sp³-hybridized carbons (Fsp3) is 0.706. The first-order chi connectivity index (χ1) is 12.6. The number of sulfonamides is 1. The highest BCUT2D eigenvalue weighted by molar-refractivity contribution is 7.89. The molecule has 2 atom stereocenters. The summed E-state index contributed by atoms with van der Waals surface area (Å²) in [6.45, 7) is 5.03. The molecule has 0 unspecified atom stereocenters. The molecule has 1 aromatic rings. The maximum absolute atomic E-state index is 12.8. The summed E-state index contributed by atoms with van der Waals surface area (Å²) in [4.78, 5) is 17.7. The summed E-state index contributed by atoms with van der Waals surface area (Å²) < 4.78 is 32.0. The third-order valence-corrected chi connectivity index (χ3v) is 7.68. The number of fused-ring (bicyclic) bond motifs is 1. The number of hydrogen-bond donors (Lipinski definition) is 2. The highest BCUT2D eigenvalue weighted by Gasteiger charge is 2.33. The van der Waals surface area contributed by atoms with Crippen LogP contribution in [0.1, 0.15) is 23.3 Å². The molecule has 3 aliphatic heterocycles. The van der Waals surface area contributed by atoms with Crippen LogP contribution in [0.25, 0.3) is 0 Å². The highest BCUT2D eigenvalue weighted by Crippen LogP contribution is 2.28. The minimum Gasteiger partial charge on any atom is -0.379 e. The molecule has 0 bridgehead atoms. The van der Waals surface area contributed by atoms with Gasteiger partial charge >= 0.3 is 0 Å². The van der Waals surface area contributed by atoms with Crippen molar-refractivity contribution in [2.75, 3.05) is 52.5 Å². The van der Waals surface area contributed by atoms with Gasteiger partial charge in [0.25, 0.3) is 5.91 Å². The van der Waals surface area contributed by atoms with Gasteiger partial charge in [0, 0.05) is 32.4 Å².